The lowest BCUT2D eigenvalue weighted by molar-refractivity contribution is 0.628. The molecule has 6 nitrogen and oxygen atoms in total. The number of rotatable bonds is 7. The second-order valence-electron chi connectivity index (χ2n) is 7.72. The SMILES string of the molecule is Cn1c(NCC(N)Cc2ccccc2)nc(-c2ccncc2)c(-c2ccc(F)c(Cl)c2)c1=O. The highest BCUT2D eigenvalue weighted by atomic mass is 35.5. The van der Waals surface area contributed by atoms with E-state index in [4.69, 9.17) is 22.3 Å². The highest BCUT2D eigenvalue weighted by Gasteiger charge is 2.19. The molecule has 0 fully saturated rings. The molecule has 0 radical (unpaired) electrons. The molecule has 0 saturated heterocycles. The van der Waals surface area contributed by atoms with E-state index in [1.807, 2.05) is 30.3 Å². The predicted molar refractivity (Wildman–Crippen MR) is 130 cm³/mol. The molecule has 2 heterocycles. The van der Waals surface area contributed by atoms with E-state index in [1.54, 1.807) is 31.6 Å². The van der Waals surface area contributed by atoms with Crippen molar-refractivity contribution in [2.24, 2.45) is 12.8 Å². The normalized spacial score (nSPS) is 11.9. The average Bonchev–Trinajstić information content (AvgIpc) is 2.83. The summed E-state index contributed by atoms with van der Waals surface area (Å²) < 4.78 is 15.2. The summed E-state index contributed by atoms with van der Waals surface area (Å²) in [5.74, 6) is -0.173. The van der Waals surface area contributed by atoms with Crippen LogP contribution >= 0.6 is 11.6 Å². The Bertz CT molecular complexity index is 1310. The molecule has 33 heavy (non-hydrogen) atoms. The number of hydrogen-bond acceptors (Lipinski definition) is 5. The van der Waals surface area contributed by atoms with Crippen molar-refractivity contribution < 1.29 is 4.39 Å². The van der Waals surface area contributed by atoms with Crippen molar-refractivity contribution in [1.82, 2.24) is 14.5 Å². The Morgan fingerprint density at radius 1 is 1.09 bits per heavy atom. The van der Waals surface area contributed by atoms with Gasteiger partial charge in [-0.25, -0.2) is 9.37 Å². The molecule has 1 unspecified atom stereocenters. The van der Waals surface area contributed by atoms with Gasteiger partial charge in [-0.3, -0.25) is 14.3 Å². The van der Waals surface area contributed by atoms with E-state index in [-0.39, 0.29) is 16.6 Å². The first-order valence-corrected chi connectivity index (χ1v) is 10.8. The van der Waals surface area contributed by atoms with E-state index in [9.17, 15) is 9.18 Å². The molecular weight excluding hydrogens is 441 g/mol. The Morgan fingerprint density at radius 2 is 1.82 bits per heavy atom. The Hall–Kier alpha value is -3.55. The zero-order chi connectivity index (χ0) is 23.4. The number of halogens is 2. The fraction of sp³-hybridized carbons (Fsp3) is 0.160. The number of nitrogens with two attached hydrogens (primary N) is 1. The number of pyridine rings is 1. The van der Waals surface area contributed by atoms with Crippen molar-refractivity contribution in [3.63, 3.8) is 0 Å². The molecule has 0 amide bonds. The number of anilines is 1. The zero-order valence-electron chi connectivity index (χ0n) is 18.0. The maximum Gasteiger partial charge on any atom is 0.263 e. The Balaban J connectivity index is 1.71. The highest BCUT2D eigenvalue weighted by Crippen LogP contribution is 2.30. The molecule has 0 aliphatic rings. The summed E-state index contributed by atoms with van der Waals surface area (Å²) in [6.07, 6.45) is 3.93. The van der Waals surface area contributed by atoms with Gasteiger partial charge < -0.3 is 11.1 Å². The van der Waals surface area contributed by atoms with Gasteiger partial charge in [-0.1, -0.05) is 48.0 Å². The van der Waals surface area contributed by atoms with Gasteiger partial charge in [0.25, 0.3) is 5.56 Å². The van der Waals surface area contributed by atoms with Crippen molar-refractivity contribution >= 4 is 17.5 Å². The lowest BCUT2D eigenvalue weighted by Gasteiger charge is -2.18. The average molecular weight is 464 g/mol. The summed E-state index contributed by atoms with van der Waals surface area (Å²) in [5, 5.41) is 3.14. The quantitative estimate of drug-likeness (QED) is 0.427. The van der Waals surface area contributed by atoms with Crippen LogP contribution in [-0.2, 0) is 13.5 Å². The van der Waals surface area contributed by atoms with Crippen molar-refractivity contribution in [1.29, 1.82) is 0 Å². The predicted octanol–water partition coefficient (Wildman–Crippen LogP) is 4.28. The Kier molecular flexibility index (Phi) is 6.82. The van der Waals surface area contributed by atoms with E-state index in [0.717, 1.165) is 5.56 Å². The highest BCUT2D eigenvalue weighted by molar-refractivity contribution is 6.31. The first-order valence-electron chi connectivity index (χ1n) is 10.4. The number of nitrogens with zero attached hydrogens (tertiary/aromatic N) is 3. The van der Waals surface area contributed by atoms with Gasteiger partial charge in [0, 0.05) is 37.6 Å². The lowest BCUT2D eigenvalue weighted by Crippen LogP contribution is -2.34. The second-order valence-corrected chi connectivity index (χ2v) is 8.13. The molecule has 4 aromatic rings. The van der Waals surface area contributed by atoms with E-state index in [1.165, 1.54) is 22.8 Å². The Morgan fingerprint density at radius 3 is 2.52 bits per heavy atom. The maximum absolute atomic E-state index is 13.8. The van der Waals surface area contributed by atoms with Gasteiger partial charge in [0.1, 0.15) is 5.82 Å². The zero-order valence-corrected chi connectivity index (χ0v) is 18.8. The first-order chi connectivity index (χ1) is 15.9. The standard InChI is InChI=1S/C25H23ClFN5O/c1-32-24(33)22(18-7-8-21(27)20(26)14-18)23(17-9-11-29-12-10-17)31-25(32)30-15-19(28)13-16-5-3-2-4-6-16/h2-12,14,19H,13,15,28H2,1H3,(H,30,31). The van der Waals surface area contributed by atoms with Crippen LogP contribution in [0.5, 0.6) is 0 Å². The number of aromatic nitrogens is 3. The topological polar surface area (TPSA) is 85.8 Å². The van der Waals surface area contributed by atoms with Crippen molar-refractivity contribution in [3.05, 3.63) is 99.8 Å². The lowest BCUT2D eigenvalue weighted by atomic mass is 10.0. The van der Waals surface area contributed by atoms with Crippen LogP contribution in [0, 0.1) is 5.82 Å². The van der Waals surface area contributed by atoms with Crippen molar-refractivity contribution in [3.8, 4) is 22.4 Å². The van der Waals surface area contributed by atoms with Crippen molar-refractivity contribution in [2.75, 3.05) is 11.9 Å². The third kappa shape index (κ3) is 5.10. The molecule has 0 aliphatic carbocycles. The van der Waals surface area contributed by atoms with E-state index in [0.29, 0.717) is 41.3 Å². The van der Waals surface area contributed by atoms with Crippen LogP contribution in [0.4, 0.5) is 10.3 Å². The number of hydrogen-bond donors (Lipinski definition) is 2. The van der Waals surface area contributed by atoms with Gasteiger partial charge >= 0.3 is 0 Å². The van der Waals surface area contributed by atoms with Crippen LogP contribution in [-0.4, -0.2) is 27.1 Å². The molecule has 2 aromatic carbocycles. The molecule has 0 saturated carbocycles. The minimum atomic E-state index is -0.554. The summed E-state index contributed by atoms with van der Waals surface area (Å²) in [6, 6.07) is 17.5. The molecule has 0 spiro atoms. The minimum Gasteiger partial charge on any atom is -0.354 e. The van der Waals surface area contributed by atoms with Crippen molar-refractivity contribution in [2.45, 2.75) is 12.5 Å². The second kappa shape index (κ2) is 9.94. The fourth-order valence-electron chi connectivity index (χ4n) is 3.60. The number of nitrogens with one attached hydrogen (secondary N) is 1. The monoisotopic (exact) mass is 463 g/mol. The molecule has 4 rings (SSSR count). The molecule has 3 N–H and O–H groups in total. The molecule has 1 atom stereocenters. The van der Waals surface area contributed by atoms with Gasteiger partial charge in [-0.2, -0.15) is 0 Å². The third-order valence-corrected chi connectivity index (χ3v) is 5.61. The van der Waals surface area contributed by atoms with Gasteiger partial charge in [-0.05, 0) is 41.8 Å². The molecule has 2 aromatic heterocycles. The van der Waals surface area contributed by atoms with Crippen LogP contribution < -0.4 is 16.6 Å². The summed E-state index contributed by atoms with van der Waals surface area (Å²) >= 11 is 6.00. The van der Waals surface area contributed by atoms with Gasteiger partial charge in [-0.15, -0.1) is 0 Å². The van der Waals surface area contributed by atoms with E-state index < -0.39 is 5.82 Å². The summed E-state index contributed by atoms with van der Waals surface area (Å²) in [6.45, 7) is 0.423. The summed E-state index contributed by atoms with van der Waals surface area (Å²) in [5.41, 5.74) is 9.10. The molecular formula is C25H23ClFN5O. The van der Waals surface area contributed by atoms with Gasteiger partial charge in [0.05, 0.1) is 16.3 Å². The smallest absolute Gasteiger partial charge is 0.263 e. The van der Waals surface area contributed by atoms with Gasteiger partial charge in [0.2, 0.25) is 5.95 Å². The first kappa shape index (κ1) is 22.6. The van der Waals surface area contributed by atoms with E-state index in [2.05, 4.69) is 10.3 Å². The largest absolute Gasteiger partial charge is 0.354 e. The third-order valence-electron chi connectivity index (χ3n) is 5.32. The maximum atomic E-state index is 13.8. The fourth-order valence-corrected chi connectivity index (χ4v) is 3.78. The summed E-state index contributed by atoms with van der Waals surface area (Å²) in [4.78, 5) is 22.2. The van der Waals surface area contributed by atoms with Crippen LogP contribution in [0.1, 0.15) is 5.56 Å². The summed E-state index contributed by atoms with van der Waals surface area (Å²) in [7, 11) is 1.63. The molecule has 168 valence electrons. The molecule has 0 aliphatic heterocycles. The molecule has 8 heteroatoms. The minimum absolute atomic E-state index is 0.0654. The van der Waals surface area contributed by atoms with Crippen LogP contribution in [0.25, 0.3) is 22.4 Å². The van der Waals surface area contributed by atoms with Gasteiger partial charge in [0.15, 0.2) is 0 Å². The van der Waals surface area contributed by atoms with Crippen LogP contribution in [0.15, 0.2) is 77.9 Å². The van der Waals surface area contributed by atoms with Crippen LogP contribution in [0.2, 0.25) is 5.02 Å². The Labute approximate surface area is 195 Å². The van der Waals surface area contributed by atoms with E-state index >= 15 is 0 Å². The van der Waals surface area contributed by atoms with Crippen LogP contribution in [0.3, 0.4) is 0 Å². The molecule has 0 bridgehead atoms. The number of benzene rings is 2.